The average molecular weight is 335 g/mol. The summed E-state index contributed by atoms with van der Waals surface area (Å²) in [6.07, 6.45) is 6.07. The van der Waals surface area contributed by atoms with E-state index in [2.05, 4.69) is 19.1 Å². The van der Waals surface area contributed by atoms with Crippen LogP contribution in [0, 0.1) is 5.82 Å². The molecule has 130 valence electrons. The fraction of sp³-hybridized carbons (Fsp3) is 0.304. The van der Waals surface area contributed by atoms with E-state index in [1.165, 1.54) is 31.2 Å². The number of unbranched alkanes of at least 4 members (excludes halogenated alkanes) is 3. The Labute approximate surface area is 149 Å². The Hall–Kier alpha value is -2.19. The molecule has 0 saturated heterocycles. The summed E-state index contributed by atoms with van der Waals surface area (Å²) < 4.78 is 15.0. The summed E-state index contributed by atoms with van der Waals surface area (Å²) in [5, 5.41) is 1.67. The topological polar surface area (TPSA) is 26.0 Å². The van der Waals surface area contributed by atoms with Crippen LogP contribution in [0.5, 0.6) is 0 Å². The molecule has 0 aliphatic rings. The van der Waals surface area contributed by atoms with Crippen LogP contribution in [0.2, 0.25) is 0 Å². The van der Waals surface area contributed by atoms with Crippen molar-refractivity contribution in [3.8, 4) is 11.1 Å². The molecule has 0 atom stereocenters. The quantitative estimate of drug-likeness (QED) is 0.509. The molecular formula is C23H26FN. The number of benzene rings is 3. The molecule has 0 aliphatic carbocycles. The van der Waals surface area contributed by atoms with Crippen molar-refractivity contribution in [1.29, 1.82) is 0 Å². The molecule has 0 unspecified atom stereocenters. The van der Waals surface area contributed by atoms with Crippen molar-refractivity contribution in [2.45, 2.75) is 45.6 Å². The monoisotopic (exact) mass is 335 g/mol. The van der Waals surface area contributed by atoms with E-state index in [0.29, 0.717) is 17.5 Å². The van der Waals surface area contributed by atoms with Crippen LogP contribution < -0.4 is 5.73 Å². The van der Waals surface area contributed by atoms with Crippen molar-refractivity contribution in [1.82, 2.24) is 0 Å². The molecule has 0 aliphatic heterocycles. The SMILES string of the molecule is CCCCCCc1ccc2c(F)c(-c3ccc(CN)cc3)ccc2c1. The van der Waals surface area contributed by atoms with E-state index < -0.39 is 0 Å². The first-order chi connectivity index (χ1) is 12.2. The van der Waals surface area contributed by atoms with Gasteiger partial charge in [0, 0.05) is 17.5 Å². The third-order valence-electron chi connectivity index (χ3n) is 4.84. The zero-order valence-electron chi connectivity index (χ0n) is 14.9. The van der Waals surface area contributed by atoms with E-state index in [9.17, 15) is 4.39 Å². The molecule has 1 nitrogen and oxygen atoms in total. The zero-order valence-corrected chi connectivity index (χ0v) is 14.9. The van der Waals surface area contributed by atoms with Gasteiger partial charge in [0.05, 0.1) is 0 Å². The third-order valence-corrected chi connectivity index (χ3v) is 4.84. The number of fused-ring (bicyclic) bond motifs is 1. The molecule has 3 rings (SSSR count). The minimum atomic E-state index is -0.143. The summed E-state index contributed by atoms with van der Waals surface area (Å²) in [6.45, 7) is 2.72. The fourth-order valence-electron chi connectivity index (χ4n) is 3.30. The van der Waals surface area contributed by atoms with Crippen molar-refractivity contribution in [3.63, 3.8) is 0 Å². The van der Waals surface area contributed by atoms with Crippen molar-refractivity contribution >= 4 is 10.8 Å². The first-order valence-corrected chi connectivity index (χ1v) is 9.23. The summed E-state index contributed by atoms with van der Waals surface area (Å²) >= 11 is 0. The highest BCUT2D eigenvalue weighted by molar-refractivity contribution is 5.88. The second-order valence-corrected chi connectivity index (χ2v) is 6.69. The van der Waals surface area contributed by atoms with Gasteiger partial charge in [0.1, 0.15) is 5.82 Å². The Bertz CT molecular complexity index is 837. The van der Waals surface area contributed by atoms with Crippen molar-refractivity contribution in [2.75, 3.05) is 0 Å². The molecule has 0 fully saturated rings. The van der Waals surface area contributed by atoms with Crippen LogP contribution in [0.15, 0.2) is 54.6 Å². The molecule has 2 heteroatoms. The molecule has 2 N–H and O–H groups in total. The first-order valence-electron chi connectivity index (χ1n) is 9.23. The maximum absolute atomic E-state index is 15.0. The maximum atomic E-state index is 15.0. The smallest absolute Gasteiger partial charge is 0.138 e. The molecule has 0 saturated carbocycles. The van der Waals surface area contributed by atoms with Gasteiger partial charge in [0.15, 0.2) is 0 Å². The number of nitrogens with two attached hydrogens (primary N) is 1. The Kier molecular flexibility index (Phi) is 5.83. The summed E-state index contributed by atoms with van der Waals surface area (Å²) in [5.41, 5.74) is 9.52. The predicted molar refractivity (Wildman–Crippen MR) is 105 cm³/mol. The molecule has 3 aromatic rings. The number of hydrogen-bond donors (Lipinski definition) is 1. The largest absolute Gasteiger partial charge is 0.326 e. The van der Waals surface area contributed by atoms with Crippen molar-refractivity contribution in [2.24, 2.45) is 5.73 Å². The highest BCUT2D eigenvalue weighted by Crippen LogP contribution is 2.30. The maximum Gasteiger partial charge on any atom is 0.138 e. The van der Waals surface area contributed by atoms with E-state index in [-0.39, 0.29) is 5.82 Å². The van der Waals surface area contributed by atoms with Crippen LogP contribution in [0.4, 0.5) is 4.39 Å². The minimum absolute atomic E-state index is 0.143. The molecule has 0 spiro atoms. The molecule has 0 bridgehead atoms. The summed E-state index contributed by atoms with van der Waals surface area (Å²) in [5.74, 6) is -0.143. The van der Waals surface area contributed by atoms with Gasteiger partial charge in [-0.25, -0.2) is 4.39 Å². The lowest BCUT2D eigenvalue weighted by Gasteiger charge is -2.09. The van der Waals surface area contributed by atoms with Gasteiger partial charge in [0.2, 0.25) is 0 Å². The van der Waals surface area contributed by atoms with Crippen LogP contribution in [0.25, 0.3) is 21.9 Å². The summed E-state index contributed by atoms with van der Waals surface area (Å²) in [6, 6.07) is 17.8. The Morgan fingerprint density at radius 3 is 2.32 bits per heavy atom. The minimum Gasteiger partial charge on any atom is -0.326 e. The Morgan fingerprint density at radius 1 is 0.840 bits per heavy atom. The van der Waals surface area contributed by atoms with E-state index in [1.807, 2.05) is 42.5 Å². The predicted octanol–water partition coefficient (Wildman–Crippen LogP) is 6.23. The van der Waals surface area contributed by atoms with Gasteiger partial charge < -0.3 is 5.73 Å². The Morgan fingerprint density at radius 2 is 1.60 bits per heavy atom. The standard InChI is InChI=1S/C23H26FN/c1-2-3-4-5-6-17-9-13-22-20(15-17)12-14-21(23(22)24)19-10-7-18(16-25)8-11-19/h7-15H,2-6,16,25H2,1H3. The van der Waals surface area contributed by atoms with Crippen LogP contribution in [-0.4, -0.2) is 0 Å². The lowest BCUT2D eigenvalue weighted by Crippen LogP contribution is -1.95. The van der Waals surface area contributed by atoms with E-state index in [4.69, 9.17) is 5.73 Å². The van der Waals surface area contributed by atoms with E-state index in [1.54, 1.807) is 0 Å². The molecule has 0 aromatic heterocycles. The average Bonchev–Trinajstić information content (AvgIpc) is 2.66. The van der Waals surface area contributed by atoms with Gasteiger partial charge in [-0.1, -0.05) is 80.8 Å². The van der Waals surface area contributed by atoms with E-state index >= 15 is 0 Å². The molecular weight excluding hydrogens is 309 g/mol. The summed E-state index contributed by atoms with van der Waals surface area (Å²) in [4.78, 5) is 0. The molecule has 0 amide bonds. The first kappa shape index (κ1) is 17.6. The summed E-state index contributed by atoms with van der Waals surface area (Å²) in [7, 11) is 0. The van der Waals surface area contributed by atoms with Gasteiger partial charge >= 0.3 is 0 Å². The van der Waals surface area contributed by atoms with Gasteiger partial charge in [-0.2, -0.15) is 0 Å². The van der Waals surface area contributed by atoms with Crippen molar-refractivity contribution in [3.05, 3.63) is 71.5 Å². The van der Waals surface area contributed by atoms with Crippen LogP contribution in [0.3, 0.4) is 0 Å². The van der Waals surface area contributed by atoms with Crippen molar-refractivity contribution < 1.29 is 4.39 Å². The third kappa shape index (κ3) is 4.08. The normalized spacial score (nSPS) is 11.2. The molecule has 3 aromatic carbocycles. The lowest BCUT2D eigenvalue weighted by atomic mass is 9.97. The number of rotatable bonds is 7. The fourth-order valence-corrected chi connectivity index (χ4v) is 3.30. The van der Waals surface area contributed by atoms with Gasteiger partial charge in [-0.15, -0.1) is 0 Å². The van der Waals surface area contributed by atoms with Crippen LogP contribution >= 0.6 is 0 Å². The second kappa shape index (κ2) is 8.26. The highest BCUT2D eigenvalue weighted by atomic mass is 19.1. The zero-order chi connectivity index (χ0) is 17.6. The Balaban J connectivity index is 1.86. The number of hydrogen-bond acceptors (Lipinski definition) is 1. The molecule has 0 radical (unpaired) electrons. The highest BCUT2D eigenvalue weighted by Gasteiger charge is 2.10. The van der Waals surface area contributed by atoms with Gasteiger partial charge in [0.25, 0.3) is 0 Å². The van der Waals surface area contributed by atoms with Crippen LogP contribution in [-0.2, 0) is 13.0 Å². The second-order valence-electron chi connectivity index (χ2n) is 6.69. The van der Waals surface area contributed by atoms with Crippen LogP contribution in [0.1, 0.15) is 43.7 Å². The van der Waals surface area contributed by atoms with Gasteiger partial charge in [-0.05, 0) is 34.9 Å². The molecule has 25 heavy (non-hydrogen) atoms. The number of aryl methyl sites for hydroxylation is 1. The molecule has 0 heterocycles. The van der Waals surface area contributed by atoms with Gasteiger partial charge in [-0.3, -0.25) is 0 Å². The van der Waals surface area contributed by atoms with E-state index in [0.717, 1.165) is 22.9 Å². The number of halogens is 1. The lowest BCUT2D eigenvalue weighted by molar-refractivity contribution is 0.643.